The Balaban J connectivity index is 2.09. The summed E-state index contributed by atoms with van der Waals surface area (Å²) >= 11 is 1.69. The van der Waals surface area contributed by atoms with E-state index in [1.807, 2.05) is 18.5 Å². The van der Waals surface area contributed by atoms with Crippen LogP contribution < -0.4 is 0 Å². The summed E-state index contributed by atoms with van der Waals surface area (Å²) in [6, 6.07) is 5.81. The highest BCUT2D eigenvalue weighted by Crippen LogP contribution is 2.25. The van der Waals surface area contributed by atoms with Gasteiger partial charge in [0.25, 0.3) is 0 Å². The molecule has 1 unspecified atom stereocenters. The van der Waals surface area contributed by atoms with Crippen molar-refractivity contribution in [2.45, 2.75) is 19.5 Å². The highest BCUT2D eigenvalue weighted by atomic mass is 32.1. The average molecular weight is 265 g/mol. The monoisotopic (exact) mass is 265 g/mol. The molecule has 0 radical (unpaired) electrons. The molecule has 2 aromatic heterocycles. The van der Waals surface area contributed by atoms with Crippen LogP contribution in [0, 0.1) is 0 Å². The van der Waals surface area contributed by atoms with Gasteiger partial charge in [0.15, 0.2) is 0 Å². The summed E-state index contributed by atoms with van der Waals surface area (Å²) in [5, 5.41) is 11.1. The van der Waals surface area contributed by atoms with Crippen molar-refractivity contribution < 1.29 is 14.3 Å². The predicted octanol–water partition coefficient (Wildman–Crippen LogP) is 3.23. The van der Waals surface area contributed by atoms with Crippen LogP contribution in [-0.2, 0) is 6.54 Å². The fourth-order valence-corrected chi connectivity index (χ4v) is 2.61. The fraction of sp³-hybridized carbons (Fsp3) is 0.308. The minimum Gasteiger partial charge on any atom is -0.478 e. The van der Waals surface area contributed by atoms with Crippen LogP contribution in [0.1, 0.15) is 34.0 Å². The zero-order valence-corrected chi connectivity index (χ0v) is 11.1. The molecule has 18 heavy (non-hydrogen) atoms. The van der Waals surface area contributed by atoms with Crippen molar-refractivity contribution in [1.82, 2.24) is 4.90 Å². The Morgan fingerprint density at radius 3 is 2.94 bits per heavy atom. The molecule has 0 bridgehead atoms. The van der Waals surface area contributed by atoms with E-state index in [0.29, 0.717) is 12.3 Å². The van der Waals surface area contributed by atoms with Gasteiger partial charge in [-0.15, -0.1) is 11.3 Å². The maximum Gasteiger partial charge on any atom is 0.339 e. The van der Waals surface area contributed by atoms with E-state index in [9.17, 15) is 4.79 Å². The summed E-state index contributed by atoms with van der Waals surface area (Å²) < 4.78 is 5.25. The minimum atomic E-state index is -0.948. The van der Waals surface area contributed by atoms with Gasteiger partial charge in [-0.3, -0.25) is 4.90 Å². The zero-order chi connectivity index (χ0) is 13.1. The van der Waals surface area contributed by atoms with E-state index in [1.165, 1.54) is 17.2 Å². The molecule has 96 valence electrons. The summed E-state index contributed by atoms with van der Waals surface area (Å²) in [4.78, 5) is 14.3. The summed E-state index contributed by atoms with van der Waals surface area (Å²) in [5.41, 5.74) is 0.236. The van der Waals surface area contributed by atoms with E-state index in [-0.39, 0.29) is 11.6 Å². The van der Waals surface area contributed by atoms with E-state index >= 15 is 0 Å². The van der Waals surface area contributed by atoms with Gasteiger partial charge in [0, 0.05) is 10.9 Å². The third-order valence-corrected chi connectivity index (χ3v) is 4.03. The second-order valence-corrected chi connectivity index (χ2v) is 5.15. The quantitative estimate of drug-likeness (QED) is 0.901. The van der Waals surface area contributed by atoms with Gasteiger partial charge in [0.1, 0.15) is 11.3 Å². The van der Waals surface area contributed by atoms with Crippen LogP contribution in [-0.4, -0.2) is 23.0 Å². The van der Waals surface area contributed by atoms with Crippen molar-refractivity contribution in [3.05, 3.63) is 46.0 Å². The molecule has 0 aliphatic rings. The first-order valence-corrected chi connectivity index (χ1v) is 6.51. The molecule has 2 heterocycles. The molecule has 0 amide bonds. The zero-order valence-electron chi connectivity index (χ0n) is 10.3. The van der Waals surface area contributed by atoms with E-state index < -0.39 is 5.97 Å². The molecule has 1 N–H and O–H groups in total. The second kappa shape index (κ2) is 5.37. The Hall–Kier alpha value is -1.59. The lowest BCUT2D eigenvalue weighted by atomic mass is 10.2. The number of thiophene rings is 1. The van der Waals surface area contributed by atoms with E-state index in [2.05, 4.69) is 17.9 Å². The topological polar surface area (TPSA) is 53.7 Å². The molecular weight excluding hydrogens is 250 g/mol. The molecule has 2 aromatic rings. The third-order valence-electron chi connectivity index (χ3n) is 2.98. The van der Waals surface area contributed by atoms with Crippen LogP contribution in [0.2, 0.25) is 0 Å². The third kappa shape index (κ3) is 2.63. The summed E-state index contributed by atoms with van der Waals surface area (Å²) in [5.74, 6) is -0.454. The van der Waals surface area contributed by atoms with Crippen LogP contribution >= 0.6 is 11.3 Å². The van der Waals surface area contributed by atoms with Crippen LogP contribution in [0.4, 0.5) is 0 Å². The highest BCUT2D eigenvalue weighted by Gasteiger charge is 2.18. The van der Waals surface area contributed by atoms with Crippen molar-refractivity contribution in [2.75, 3.05) is 7.05 Å². The summed E-state index contributed by atoms with van der Waals surface area (Å²) in [6.45, 7) is 2.57. The Morgan fingerprint density at radius 2 is 2.33 bits per heavy atom. The van der Waals surface area contributed by atoms with Gasteiger partial charge in [0.2, 0.25) is 0 Å². The molecule has 2 rings (SSSR count). The number of nitrogens with zero attached hydrogens (tertiary/aromatic N) is 1. The first kappa shape index (κ1) is 12.9. The SMILES string of the molecule is CC(c1cccs1)N(C)Cc1occc1C(=O)O. The smallest absolute Gasteiger partial charge is 0.339 e. The summed E-state index contributed by atoms with van der Waals surface area (Å²) in [7, 11) is 1.96. The Bertz CT molecular complexity index is 518. The lowest BCUT2D eigenvalue weighted by Crippen LogP contribution is -2.22. The van der Waals surface area contributed by atoms with Crippen molar-refractivity contribution >= 4 is 17.3 Å². The van der Waals surface area contributed by atoms with E-state index in [1.54, 1.807) is 11.3 Å². The van der Waals surface area contributed by atoms with Crippen molar-refractivity contribution in [3.63, 3.8) is 0 Å². The van der Waals surface area contributed by atoms with Gasteiger partial charge in [-0.05, 0) is 31.5 Å². The molecule has 0 aromatic carbocycles. The molecule has 0 spiro atoms. The molecule has 5 heteroatoms. The van der Waals surface area contributed by atoms with Crippen molar-refractivity contribution in [2.24, 2.45) is 0 Å². The lowest BCUT2D eigenvalue weighted by Gasteiger charge is -2.22. The number of hydrogen-bond acceptors (Lipinski definition) is 4. The molecule has 0 aliphatic heterocycles. The Kier molecular flexibility index (Phi) is 3.84. The maximum atomic E-state index is 11.0. The number of carbonyl (C=O) groups is 1. The number of furan rings is 1. The fourth-order valence-electron chi connectivity index (χ4n) is 1.76. The normalized spacial score (nSPS) is 12.8. The second-order valence-electron chi connectivity index (χ2n) is 4.17. The molecule has 4 nitrogen and oxygen atoms in total. The van der Waals surface area contributed by atoms with Gasteiger partial charge in [-0.1, -0.05) is 6.07 Å². The van der Waals surface area contributed by atoms with Crippen LogP contribution in [0.15, 0.2) is 34.3 Å². The molecule has 1 atom stereocenters. The lowest BCUT2D eigenvalue weighted by molar-refractivity contribution is 0.0692. The van der Waals surface area contributed by atoms with Gasteiger partial charge in [0.05, 0.1) is 12.8 Å². The van der Waals surface area contributed by atoms with Gasteiger partial charge in [-0.25, -0.2) is 4.79 Å². The highest BCUT2D eigenvalue weighted by molar-refractivity contribution is 7.10. The first-order chi connectivity index (χ1) is 8.59. The molecule has 0 aliphatic carbocycles. The maximum absolute atomic E-state index is 11.0. The summed E-state index contributed by atoms with van der Waals surface area (Å²) in [6.07, 6.45) is 1.42. The standard InChI is InChI=1S/C13H15NO3S/c1-9(12-4-3-7-18-12)14(2)8-11-10(13(15)16)5-6-17-11/h3-7,9H,8H2,1-2H3,(H,15,16). The largest absolute Gasteiger partial charge is 0.478 e. The number of carboxylic acid groups (broad SMARTS) is 1. The van der Waals surface area contributed by atoms with Crippen molar-refractivity contribution in [3.8, 4) is 0 Å². The number of rotatable bonds is 5. The van der Waals surface area contributed by atoms with Crippen LogP contribution in [0.25, 0.3) is 0 Å². The first-order valence-electron chi connectivity index (χ1n) is 5.63. The van der Waals surface area contributed by atoms with Crippen molar-refractivity contribution in [1.29, 1.82) is 0 Å². The Labute approximate surface area is 109 Å². The molecule has 0 fully saturated rings. The van der Waals surface area contributed by atoms with E-state index in [0.717, 1.165) is 0 Å². The molecule has 0 saturated heterocycles. The Morgan fingerprint density at radius 1 is 1.56 bits per heavy atom. The van der Waals surface area contributed by atoms with E-state index in [4.69, 9.17) is 9.52 Å². The van der Waals surface area contributed by atoms with Gasteiger partial charge in [-0.2, -0.15) is 0 Å². The number of aromatic carboxylic acids is 1. The van der Waals surface area contributed by atoms with Gasteiger partial charge < -0.3 is 9.52 Å². The number of hydrogen-bond donors (Lipinski definition) is 1. The average Bonchev–Trinajstić information content (AvgIpc) is 2.98. The molecule has 0 saturated carbocycles. The molecular formula is C13H15NO3S. The number of carboxylic acids is 1. The van der Waals surface area contributed by atoms with Crippen LogP contribution in [0.5, 0.6) is 0 Å². The van der Waals surface area contributed by atoms with Crippen LogP contribution in [0.3, 0.4) is 0 Å². The predicted molar refractivity (Wildman–Crippen MR) is 69.9 cm³/mol. The minimum absolute atomic E-state index is 0.233. The van der Waals surface area contributed by atoms with Gasteiger partial charge >= 0.3 is 5.97 Å².